The monoisotopic (exact) mass is 509 g/mol. The van der Waals surface area contributed by atoms with Crippen LogP contribution < -0.4 is 5.73 Å². The van der Waals surface area contributed by atoms with Crippen molar-refractivity contribution in [3.63, 3.8) is 0 Å². The van der Waals surface area contributed by atoms with Crippen LogP contribution in [0.25, 0.3) is 0 Å². The van der Waals surface area contributed by atoms with E-state index in [1.165, 1.54) is 6.92 Å². The highest BCUT2D eigenvalue weighted by Crippen LogP contribution is 2.52. The molecule has 2 atom stereocenters. The number of hydrogen-bond acceptors (Lipinski definition) is 4. The molecule has 2 N–H and O–H groups in total. The second-order valence-electron chi connectivity index (χ2n) is 7.99. The Hall–Kier alpha value is -3.02. The summed E-state index contributed by atoms with van der Waals surface area (Å²) in [5.74, 6) is -0.823. The summed E-state index contributed by atoms with van der Waals surface area (Å²) in [6.07, 6.45) is -8.48. The van der Waals surface area contributed by atoms with E-state index in [4.69, 9.17) is 22.1 Å². The molecule has 6 nitrogen and oxygen atoms in total. The van der Waals surface area contributed by atoms with Gasteiger partial charge in [-0.1, -0.05) is 24.3 Å². The minimum Gasteiger partial charge on any atom is -0.468 e. The minimum atomic E-state index is -4.92. The molecular formula is C21H18ClF6N3O3. The lowest BCUT2D eigenvalue weighted by atomic mass is 9.74. The lowest BCUT2D eigenvalue weighted by Crippen LogP contribution is -2.43. The number of primary amides is 1. The van der Waals surface area contributed by atoms with Crippen LogP contribution in [0.2, 0.25) is 0 Å². The molecule has 184 valence electrons. The average molecular weight is 510 g/mol. The normalized spacial score (nSPS) is 25.4. The lowest BCUT2D eigenvalue weighted by Gasteiger charge is -2.36. The number of nitrogens with zero attached hydrogens (tertiary/aromatic N) is 2. The third kappa shape index (κ3) is 4.38. The molecule has 0 saturated heterocycles. The number of hydrogen-bond donors (Lipinski definition) is 1. The minimum absolute atomic E-state index is 0.0551. The molecule has 2 amide bonds. The summed E-state index contributed by atoms with van der Waals surface area (Å²) in [7, 11) is 1.09. The van der Waals surface area contributed by atoms with Crippen LogP contribution >= 0.6 is 11.6 Å². The highest BCUT2D eigenvalue weighted by Gasteiger charge is 2.54. The zero-order chi connectivity index (χ0) is 25.7. The van der Waals surface area contributed by atoms with Gasteiger partial charge in [-0.15, -0.1) is 11.6 Å². The number of carbonyl (C=O) groups excluding carboxylic acids is 2. The van der Waals surface area contributed by atoms with Gasteiger partial charge in [0.1, 0.15) is 10.3 Å². The molecule has 0 radical (unpaired) electrons. The van der Waals surface area contributed by atoms with E-state index in [1.807, 2.05) is 0 Å². The van der Waals surface area contributed by atoms with Crippen LogP contribution in [-0.4, -0.2) is 42.6 Å². The predicted octanol–water partition coefficient (Wildman–Crippen LogP) is 4.89. The van der Waals surface area contributed by atoms with E-state index in [2.05, 4.69) is 5.10 Å². The molecule has 0 bridgehead atoms. The molecule has 0 fully saturated rings. The fraction of sp³-hybridized carbons (Fsp3) is 0.381. The lowest BCUT2D eigenvalue weighted by molar-refractivity contribution is -0.147. The van der Waals surface area contributed by atoms with Gasteiger partial charge in [0.05, 0.1) is 30.5 Å². The van der Waals surface area contributed by atoms with E-state index in [0.717, 1.165) is 30.3 Å². The Morgan fingerprint density at radius 2 is 1.68 bits per heavy atom. The van der Waals surface area contributed by atoms with Crippen molar-refractivity contribution in [1.82, 2.24) is 5.01 Å². The van der Waals surface area contributed by atoms with Crippen molar-refractivity contribution in [2.24, 2.45) is 16.3 Å². The highest BCUT2D eigenvalue weighted by atomic mass is 35.5. The van der Waals surface area contributed by atoms with Crippen LogP contribution in [0.15, 0.2) is 52.7 Å². The Morgan fingerprint density at radius 3 is 2.15 bits per heavy atom. The first-order valence-corrected chi connectivity index (χ1v) is 10.0. The van der Waals surface area contributed by atoms with Gasteiger partial charge < -0.3 is 10.5 Å². The van der Waals surface area contributed by atoms with Crippen molar-refractivity contribution < 1.29 is 40.7 Å². The summed E-state index contributed by atoms with van der Waals surface area (Å²) >= 11 is 6.51. The van der Waals surface area contributed by atoms with Crippen LogP contribution in [0.1, 0.15) is 24.5 Å². The quantitative estimate of drug-likeness (QED) is 0.358. The largest absolute Gasteiger partial charge is 0.468 e. The van der Waals surface area contributed by atoms with E-state index < -0.39 is 52.2 Å². The standard InChI is InChI=1S/C21H18ClF6N3O3/c1-18(16(32)34-2)10-31(17(29)33)30-15(18)11-3-8-14(21(26,27)28)19(22,9-11)12-4-6-13(7-5-12)20(23,24)25/h3-8H,9-10H2,1-2H3,(H2,29,33). The SMILES string of the molecule is COC(=O)C1(C)CN(C(N)=O)N=C1C1=CC=C(C(F)(F)F)C(Cl)(c2ccc(C(F)(F)F)cc2)C1. The Bertz CT molecular complexity index is 1110. The number of benzene rings is 1. The van der Waals surface area contributed by atoms with E-state index in [9.17, 15) is 35.9 Å². The highest BCUT2D eigenvalue weighted by molar-refractivity contribution is 6.27. The molecule has 1 aliphatic heterocycles. The molecule has 34 heavy (non-hydrogen) atoms. The smallest absolute Gasteiger partial charge is 0.416 e. The van der Waals surface area contributed by atoms with Crippen molar-refractivity contribution in [2.75, 3.05) is 13.7 Å². The number of hydrazone groups is 1. The molecule has 1 aliphatic carbocycles. The fourth-order valence-electron chi connectivity index (χ4n) is 3.97. The number of methoxy groups -OCH3 is 1. The Labute approximate surface area is 194 Å². The number of allylic oxidation sites excluding steroid dienone is 4. The van der Waals surface area contributed by atoms with Crippen LogP contribution in [0.3, 0.4) is 0 Å². The van der Waals surface area contributed by atoms with Gasteiger partial charge in [-0.05, 0) is 30.2 Å². The first-order chi connectivity index (χ1) is 15.5. The number of ether oxygens (including phenoxy) is 1. The summed E-state index contributed by atoms with van der Waals surface area (Å²) < 4.78 is 85.2. The van der Waals surface area contributed by atoms with Crippen molar-refractivity contribution in [3.05, 3.63) is 58.7 Å². The van der Waals surface area contributed by atoms with Gasteiger partial charge in [-0.3, -0.25) is 4.79 Å². The Morgan fingerprint density at radius 1 is 1.09 bits per heavy atom. The summed E-state index contributed by atoms with van der Waals surface area (Å²) in [5.41, 5.74) is 1.13. The third-order valence-corrected chi connectivity index (χ3v) is 6.25. The van der Waals surface area contributed by atoms with Crippen LogP contribution in [-0.2, 0) is 20.6 Å². The number of alkyl halides is 7. The van der Waals surface area contributed by atoms with Crippen LogP contribution in [0.5, 0.6) is 0 Å². The molecule has 1 heterocycles. The summed E-state index contributed by atoms with van der Waals surface area (Å²) in [6, 6.07) is 1.99. The molecule has 3 rings (SSSR count). The third-order valence-electron chi connectivity index (χ3n) is 5.69. The number of rotatable bonds is 3. The van der Waals surface area contributed by atoms with Gasteiger partial charge in [0.25, 0.3) is 0 Å². The van der Waals surface area contributed by atoms with Gasteiger partial charge in [0, 0.05) is 6.42 Å². The molecule has 2 unspecified atom stereocenters. The maximum absolute atomic E-state index is 13.9. The van der Waals surface area contributed by atoms with Crippen LogP contribution in [0.4, 0.5) is 31.1 Å². The molecule has 0 saturated carbocycles. The van der Waals surface area contributed by atoms with Crippen molar-refractivity contribution in [1.29, 1.82) is 0 Å². The first kappa shape index (κ1) is 25.6. The molecule has 13 heteroatoms. The second-order valence-corrected chi connectivity index (χ2v) is 8.64. The number of amides is 2. The number of urea groups is 1. The number of nitrogens with two attached hydrogens (primary N) is 1. The van der Waals surface area contributed by atoms with Crippen molar-refractivity contribution >= 4 is 29.3 Å². The Balaban J connectivity index is 2.14. The van der Waals surface area contributed by atoms with E-state index in [-0.39, 0.29) is 23.4 Å². The average Bonchev–Trinajstić information content (AvgIpc) is 3.10. The molecule has 0 spiro atoms. The number of esters is 1. The zero-order valence-corrected chi connectivity index (χ0v) is 18.5. The van der Waals surface area contributed by atoms with E-state index in [0.29, 0.717) is 18.2 Å². The van der Waals surface area contributed by atoms with E-state index in [1.54, 1.807) is 0 Å². The zero-order valence-electron chi connectivity index (χ0n) is 17.7. The maximum atomic E-state index is 13.9. The Kier molecular flexibility index (Phi) is 6.27. The second kappa shape index (κ2) is 8.33. The summed E-state index contributed by atoms with van der Waals surface area (Å²) in [4.78, 5) is 21.8. The van der Waals surface area contributed by atoms with Gasteiger partial charge in [-0.2, -0.15) is 31.4 Å². The van der Waals surface area contributed by atoms with Crippen molar-refractivity contribution in [2.45, 2.75) is 30.6 Å². The topological polar surface area (TPSA) is 85.0 Å². The van der Waals surface area contributed by atoms with Crippen molar-refractivity contribution in [3.8, 4) is 0 Å². The van der Waals surface area contributed by atoms with E-state index >= 15 is 0 Å². The van der Waals surface area contributed by atoms with Gasteiger partial charge in [0.2, 0.25) is 0 Å². The van der Waals surface area contributed by atoms with Crippen LogP contribution in [0, 0.1) is 5.41 Å². The number of halogens is 7. The molecule has 1 aromatic rings. The van der Waals surface area contributed by atoms with Gasteiger partial charge in [-0.25, -0.2) is 9.80 Å². The molecular weight excluding hydrogens is 492 g/mol. The summed E-state index contributed by atoms with van der Waals surface area (Å²) in [6.45, 7) is 1.05. The maximum Gasteiger partial charge on any atom is 0.416 e. The first-order valence-electron chi connectivity index (χ1n) is 9.64. The predicted molar refractivity (Wildman–Crippen MR) is 110 cm³/mol. The van der Waals surface area contributed by atoms with Gasteiger partial charge >= 0.3 is 24.4 Å². The fourth-order valence-corrected chi connectivity index (χ4v) is 4.41. The summed E-state index contributed by atoms with van der Waals surface area (Å²) in [5, 5.41) is 4.78. The number of carbonyl (C=O) groups is 2. The van der Waals surface area contributed by atoms with Gasteiger partial charge in [0.15, 0.2) is 0 Å². The molecule has 0 aromatic heterocycles. The molecule has 2 aliphatic rings. The molecule has 1 aromatic carbocycles.